The van der Waals surface area contributed by atoms with E-state index in [2.05, 4.69) is 31.1 Å². The summed E-state index contributed by atoms with van der Waals surface area (Å²) in [5, 5.41) is 3.24. The van der Waals surface area contributed by atoms with Crippen LogP contribution in [-0.2, 0) is 6.42 Å². The number of aryl methyl sites for hydroxylation is 1. The molecule has 1 aromatic rings. The topological polar surface area (TPSA) is 38.1 Å². The van der Waals surface area contributed by atoms with Gasteiger partial charge < -0.3 is 9.73 Å². The summed E-state index contributed by atoms with van der Waals surface area (Å²) in [6, 6.07) is 0. The molecule has 1 aliphatic heterocycles. The number of oxazole rings is 1. The minimum absolute atomic E-state index is 0.468. The SMILES string of the molecule is CCc1oc(C2CNC2)nc1C(C)C. The summed E-state index contributed by atoms with van der Waals surface area (Å²) >= 11 is 0. The van der Waals surface area contributed by atoms with E-state index >= 15 is 0 Å². The van der Waals surface area contributed by atoms with Crippen LogP contribution in [0, 0.1) is 0 Å². The zero-order valence-corrected chi connectivity index (χ0v) is 9.13. The fraction of sp³-hybridized carbons (Fsp3) is 0.727. The predicted molar refractivity (Wildman–Crippen MR) is 55.6 cm³/mol. The van der Waals surface area contributed by atoms with Gasteiger partial charge in [0.2, 0.25) is 0 Å². The second-order valence-corrected chi connectivity index (χ2v) is 4.22. The summed E-state index contributed by atoms with van der Waals surface area (Å²) in [4.78, 5) is 4.60. The summed E-state index contributed by atoms with van der Waals surface area (Å²) in [6.45, 7) is 8.48. The smallest absolute Gasteiger partial charge is 0.200 e. The van der Waals surface area contributed by atoms with Crippen molar-refractivity contribution in [3.05, 3.63) is 17.3 Å². The lowest BCUT2D eigenvalue weighted by Gasteiger charge is -2.23. The molecule has 14 heavy (non-hydrogen) atoms. The first-order valence-electron chi connectivity index (χ1n) is 5.42. The number of nitrogens with zero attached hydrogens (tertiary/aromatic N) is 1. The normalized spacial score (nSPS) is 17.4. The van der Waals surface area contributed by atoms with E-state index in [1.54, 1.807) is 0 Å². The number of rotatable bonds is 3. The highest BCUT2D eigenvalue weighted by molar-refractivity contribution is 5.16. The fourth-order valence-electron chi connectivity index (χ4n) is 1.72. The van der Waals surface area contributed by atoms with E-state index in [0.717, 1.165) is 36.9 Å². The maximum Gasteiger partial charge on any atom is 0.200 e. The van der Waals surface area contributed by atoms with Crippen molar-refractivity contribution in [2.75, 3.05) is 13.1 Å². The third-order valence-corrected chi connectivity index (χ3v) is 2.74. The fourth-order valence-corrected chi connectivity index (χ4v) is 1.72. The zero-order chi connectivity index (χ0) is 10.1. The minimum Gasteiger partial charge on any atom is -0.445 e. The molecule has 2 heterocycles. The van der Waals surface area contributed by atoms with Gasteiger partial charge in [-0.3, -0.25) is 0 Å². The third kappa shape index (κ3) is 1.57. The molecule has 2 rings (SSSR count). The molecule has 1 aliphatic rings. The van der Waals surface area contributed by atoms with E-state index in [0.29, 0.717) is 11.8 Å². The first kappa shape index (κ1) is 9.71. The molecule has 3 nitrogen and oxygen atoms in total. The Hall–Kier alpha value is -0.830. The quantitative estimate of drug-likeness (QED) is 0.800. The Morgan fingerprint density at radius 1 is 1.50 bits per heavy atom. The van der Waals surface area contributed by atoms with Gasteiger partial charge in [0, 0.05) is 19.5 Å². The van der Waals surface area contributed by atoms with E-state index in [1.807, 2.05) is 0 Å². The van der Waals surface area contributed by atoms with Crippen molar-refractivity contribution in [3.8, 4) is 0 Å². The minimum atomic E-state index is 0.468. The van der Waals surface area contributed by atoms with Crippen molar-refractivity contribution >= 4 is 0 Å². The Morgan fingerprint density at radius 2 is 2.21 bits per heavy atom. The summed E-state index contributed by atoms with van der Waals surface area (Å²) in [5.41, 5.74) is 1.15. The van der Waals surface area contributed by atoms with Crippen LogP contribution in [0.25, 0.3) is 0 Å². The first-order valence-corrected chi connectivity index (χ1v) is 5.42. The molecular weight excluding hydrogens is 176 g/mol. The third-order valence-electron chi connectivity index (χ3n) is 2.74. The highest BCUT2D eigenvalue weighted by Gasteiger charge is 2.26. The van der Waals surface area contributed by atoms with E-state index < -0.39 is 0 Å². The lowest BCUT2D eigenvalue weighted by Crippen LogP contribution is -2.40. The molecule has 0 aliphatic carbocycles. The van der Waals surface area contributed by atoms with Gasteiger partial charge in [-0.1, -0.05) is 20.8 Å². The Bertz CT molecular complexity index is 313. The Morgan fingerprint density at radius 3 is 2.57 bits per heavy atom. The average Bonchev–Trinajstić information content (AvgIpc) is 2.45. The molecule has 1 N–H and O–H groups in total. The van der Waals surface area contributed by atoms with Gasteiger partial charge >= 0.3 is 0 Å². The van der Waals surface area contributed by atoms with E-state index in [1.165, 1.54) is 0 Å². The number of hydrogen-bond donors (Lipinski definition) is 1. The molecule has 78 valence electrons. The van der Waals surface area contributed by atoms with E-state index in [4.69, 9.17) is 4.42 Å². The molecule has 0 bridgehead atoms. The molecule has 0 amide bonds. The van der Waals surface area contributed by atoms with Crippen LogP contribution >= 0.6 is 0 Å². The molecular formula is C11H18N2O. The summed E-state index contributed by atoms with van der Waals surface area (Å²) in [7, 11) is 0. The number of nitrogens with one attached hydrogen (secondary N) is 1. The second kappa shape index (κ2) is 3.73. The van der Waals surface area contributed by atoms with Gasteiger partial charge in [-0.25, -0.2) is 4.98 Å². The lowest BCUT2D eigenvalue weighted by molar-refractivity contribution is 0.346. The molecule has 3 heteroatoms. The summed E-state index contributed by atoms with van der Waals surface area (Å²) in [6.07, 6.45) is 0.945. The van der Waals surface area contributed by atoms with Crippen LogP contribution in [0.3, 0.4) is 0 Å². The van der Waals surface area contributed by atoms with Crippen LogP contribution in [0.15, 0.2) is 4.42 Å². The molecule has 0 aromatic carbocycles. The summed E-state index contributed by atoms with van der Waals surface area (Å²) in [5.74, 6) is 2.98. The van der Waals surface area contributed by atoms with Crippen LogP contribution in [0.4, 0.5) is 0 Å². The Balaban J connectivity index is 2.25. The molecule has 0 spiro atoms. The highest BCUT2D eigenvalue weighted by Crippen LogP contribution is 2.26. The van der Waals surface area contributed by atoms with Crippen molar-refractivity contribution in [1.82, 2.24) is 10.3 Å². The summed E-state index contributed by atoms with van der Waals surface area (Å²) < 4.78 is 5.78. The monoisotopic (exact) mass is 194 g/mol. The molecule has 0 unspecified atom stereocenters. The molecule has 0 radical (unpaired) electrons. The Labute approximate surface area is 84.9 Å². The van der Waals surface area contributed by atoms with Crippen LogP contribution in [-0.4, -0.2) is 18.1 Å². The van der Waals surface area contributed by atoms with E-state index in [9.17, 15) is 0 Å². The maximum absolute atomic E-state index is 5.78. The van der Waals surface area contributed by atoms with Crippen molar-refractivity contribution in [2.24, 2.45) is 0 Å². The van der Waals surface area contributed by atoms with Gasteiger partial charge in [0.1, 0.15) is 5.76 Å². The Kier molecular flexibility index (Phi) is 2.59. The largest absolute Gasteiger partial charge is 0.445 e. The molecule has 1 saturated heterocycles. The lowest BCUT2D eigenvalue weighted by atomic mass is 10.0. The van der Waals surface area contributed by atoms with Crippen LogP contribution in [0.5, 0.6) is 0 Å². The van der Waals surface area contributed by atoms with Gasteiger partial charge in [-0.05, 0) is 5.92 Å². The van der Waals surface area contributed by atoms with Crippen LogP contribution < -0.4 is 5.32 Å². The number of aromatic nitrogens is 1. The van der Waals surface area contributed by atoms with Gasteiger partial charge in [0.15, 0.2) is 5.89 Å². The maximum atomic E-state index is 5.78. The average molecular weight is 194 g/mol. The standard InChI is InChI=1S/C11H18N2O/c1-4-9-10(7(2)3)13-11(14-9)8-5-12-6-8/h7-8,12H,4-6H2,1-3H3. The molecule has 0 saturated carbocycles. The first-order chi connectivity index (χ1) is 6.72. The number of hydrogen-bond acceptors (Lipinski definition) is 3. The highest BCUT2D eigenvalue weighted by atomic mass is 16.4. The van der Waals surface area contributed by atoms with Crippen molar-refractivity contribution in [2.45, 2.75) is 39.0 Å². The van der Waals surface area contributed by atoms with Gasteiger partial charge in [-0.2, -0.15) is 0 Å². The molecule has 1 fully saturated rings. The molecule has 0 atom stereocenters. The van der Waals surface area contributed by atoms with Gasteiger partial charge in [0.25, 0.3) is 0 Å². The molecule has 1 aromatic heterocycles. The van der Waals surface area contributed by atoms with Crippen molar-refractivity contribution in [1.29, 1.82) is 0 Å². The predicted octanol–water partition coefficient (Wildman–Crippen LogP) is 2.05. The van der Waals surface area contributed by atoms with Gasteiger partial charge in [-0.15, -0.1) is 0 Å². The second-order valence-electron chi connectivity index (χ2n) is 4.22. The van der Waals surface area contributed by atoms with Crippen molar-refractivity contribution in [3.63, 3.8) is 0 Å². The zero-order valence-electron chi connectivity index (χ0n) is 9.13. The van der Waals surface area contributed by atoms with Crippen molar-refractivity contribution < 1.29 is 4.42 Å². The van der Waals surface area contributed by atoms with Crippen LogP contribution in [0.2, 0.25) is 0 Å². The van der Waals surface area contributed by atoms with Crippen LogP contribution in [0.1, 0.15) is 50.0 Å². The van der Waals surface area contributed by atoms with E-state index in [-0.39, 0.29) is 0 Å². The van der Waals surface area contributed by atoms with Gasteiger partial charge in [0.05, 0.1) is 11.6 Å².